The summed E-state index contributed by atoms with van der Waals surface area (Å²) in [4.78, 5) is 13.4. The second-order valence-electron chi connectivity index (χ2n) is 4.83. The van der Waals surface area contributed by atoms with Crippen LogP contribution in [0.25, 0.3) is 0 Å². The summed E-state index contributed by atoms with van der Waals surface area (Å²) >= 11 is 0. The first-order valence-electron chi connectivity index (χ1n) is 6.19. The van der Waals surface area contributed by atoms with E-state index in [1.165, 1.54) is 10.2 Å². The third kappa shape index (κ3) is 2.13. The summed E-state index contributed by atoms with van der Waals surface area (Å²) in [7, 11) is 1.68. The van der Waals surface area contributed by atoms with Gasteiger partial charge in [-0.3, -0.25) is 9.58 Å². The highest BCUT2D eigenvalue weighted by molar-refractivity contribution is 5.87. The molecule has 0 aliphatic carbocycles. The molecule has 0 radical (unpaired) electrons. The molecular weight excluding hydrogens is 242 g/mol. The molecule has 1 aliphatic rings. The van der Waals surface area contributed by atoms with Gasteiger partial charge >= 0.3 is 5.97 Å². The molecule has 1 aliphatic heterocycles. The molecule has 0 spiro atoms. The molecule has 98 valence electrons. The standard InChI is InChI=1S/C14H15N3O2/c1-16-13(14(18)19)11-8-17(9-12(11)15-16)7-10-5-3-2-4-6-10/h2-6H,7-9H2,1H3,(H,18,19). The predicted octanol–water partition coefficient (Wildman–Crippen LogP) is 1.63. The molecular formula is C14H15N3O2. The van der Waals surface area contributed by atoms with Crippen LogP contribution in [0, 0.1) is 0 Å². The number of carboxylic acids is 1. The number of hydrogen-bond donors (Lipinski definition) is 1. The molecule has 1 aromatic carbocycles. The number of carboxylic acid groups (broad SMARTS) is 1. The van der Waals surface area contributed by atoms with Crippen LogP contribution in [0.15, 0.2) is 30.3 Å². The Morgan fingerprint density at radius 1 is 1.32 bits per heavy atom. The number of hydrogen-bond acceptors (Lipinski definition) is 3. The highest BCUT2D eigenvalue weighted by Crippen LogP contribution is 2.26. The van der Waals surface area contributed by atoms with E-state index in [9.17, 15) is 9.90 Å². The second kappa shape index (κ2) is 4.51. The second-order valence-corrected chi connectivity index (χ2v) is 4.83. The molecule has 0 saturated carbocycles. The van der Waals surface area contributed by atoms with Crippen molar-refractivity contribution in [2.45, 2.75) is 19.6 Å². The van der Waals surface area contributed by atoms with Gasteiger partial charge in [-0.25, -0.2) is 4.79 Å². The minimum atomic E-state index is -0.905. The van der Waals surface area contributed by atoms with Gasteiger partial charge in [0.15, 0.2) is 5.69 Å². The van der Waals surface area contributed by atoms with E-state index in [1.54, 1.807) is 7.05 Å². The van der Waals surface area contributed by atoms with Crippen LogP contribution in [-0.4, -0.2) is 25.8 Å². The van der Waals surface area contributed by atoms with Crippen LogP contribution in [0.3, 0.4) is 0 Å². The summed E-state index contributed by atoms with van der Waals surface area (Å²) in [5.41, 5.74) is 3.28. The Bertz CT molecular complexity index is 619. The average Bonchev–Trinajstić information content (AvgIpc) is 2.85. The van der Waals surface area contributed by atoms with E-state index in [0.717, 1.165) is 17.8 Å². The summed E-state index contributed by atoms with van der Waals surface area (Å²) in [6.45, 7) is 2.19. The molecule has 0 atom stereocenters. The molecule has 0 unspecified atom stereocenters. The van der Waals surface area contributed by atoms with E-state index in [1.807, 2.05) is 18.2 Å². The van der Waals surface area contributed by atoms with Crippen molar-refractivity contribution in [3.63, 3.8) is 0 Å². The number of aromatic nitrogens is 2. The Labute approximate surface area is 111 Å². The van der Waals surface area contributed by atoms with Crippen LogP contribution in [-0.2, 0) is 26.7 Å². The van der Waals surface area contributed by atoms with E-state index < -0.39 is 5.97 Å². The molecule has 5 heteroatoms. The number of aryl methyl sites for hydroxylation is 1. The molecule has 1 N–H and O–H groups in total. The number of benzene rings is 1. The molecule has 0 amide bonds. The molecule has 5 nitrogen and oxygen atoms in total. The summed E-state index contributed by atoms with van der Waals surface area (Å²) in [6.07, 6.45) is 0. The zero-order valence-electron chi connectivity index (χ0n) is 10.7. The molecule has 0 fully saturated rings. The lowest BCUT2D eigenvalue weighted by Gasteiger charge is -2.15. The van der Waals surface area contributed by atoms with E-state index in [4.69, 9.17) is 0 Å². The minimum Gasteiger partial charge on any atom is -0.477 e. The molecule has 1 aromatic heterocycles. The monoisotopic (exact) mass is 257 g/mol. The van der Waals surface area contributed by atoms with Crippen molar-refractivity contribution < 1.29 is 9.90 Å². The molecule has 2 heterocycles. The first-order valence-corrected chi connectivity index (χ1v) is 6.19. The van der Waals surface area contributed by atoms with E-state index in [0.29, 0.717) is 18.8 Å². The van der Waals surface area contributed by atoms with Crippen LogP contribution in [0.1, 0.15) is 27.3 Å². The van der Waals surface area contributed by atoms with Crippen LogP contribution in [0.4, 0.5) is 0 Å². The maximum atomic E-state index is 11.2. The normalized spacial score (nSPS) is 14.6. The Morgan fingerprint density at radius 2 is 2.05 bits per heavy atom. The van der Waals surface area contributed by atoms with Crippen molar-refractivity contribution in [2.75, 3.05) is 0 Å². The number of aromatic carboxylic acids is 1. The van der Waals surface area contributed by atoms with Crippen molar-refractivity contribution >= 4 is 5.97 Å². The van der Waals surface area contributed by atoms with Gasteiger partial charge in [0.1, 0.15) is 0 Å². The van der Waals surface area contributed by atoms with Crippen LogP contribution in [0.5, 0.6) is 0 Å². The van der Waals surface area contributed by atoms with Crippen LogP contribution in [0.2, 0.25) is 0 Å². The fourth-order valence-electron chi connectivity index (χ4n) is 2.63. The Balaban J connectivity index is 1.80. The van der Waals surface area contributed by atoms with Gasteiger partial charge in [0.2, 0.25) is 0 Å². The van der Waals surface area contributed by atoms with Crippen LogP contribution < -0.4 is 0 Å². The molecule has 19 heavy (non-hydrogen) atoms. The molecule has 3 rings (SSSR count). The van der Waals surface area contributed by atoms with Crippen molar-refractivity contribution in [3.05, 3.63) is 52.8 Å². The van der Waals surface area contributed by atoms with E-state index in [2.05, 4.69) is 22.1 Å². The highest BCUT2D eigenvalue weighted by atomic mass is 16.4. The summed E-state index contributed by atoms with van der Waals surface area (Å²) in [6, 6.07) is 10.2. The first-order chi connectivity index (χ1) is 9.15. The number of nitrogens with zero attached hydrogens (tertiary/aromatic N) is 3. The lowest BCUT2D eigenvalue weighted by Crippen LogP contribution is -2.18. The fraction of sp³-hybridized carbons (Fsp3) is 0.286. The third-order valence-corrected chi connectivity index (χ3v) is 3.44. The van der Waals surface area contributed by atoms with Gasteiger partial charge in [0, 0.05) is 32.2 Å². The summed E-state index contributed by atoms with van der Waals surface area (Å²) < 4.78 is 1.47. The van der Waals surface area contributed by atoms with Gasteiger partial charge in [-0.15, -0.1) is 0 Å². The number of rotatable bonds is 3. The number of carbonyl (C=O) groups is 1. The minimum absolute atomic E-state index is 0.311. The largest absolute Gasteiger partial charge is 0.477 e. The zero-order chi connectivity index (χ0) is 13.4. The SMILES string of the molecule is Cn1nc2c(c1C(=O)O)CN(Cc1ccccc1)C2. The Hall–Kier alpha value is -2.14. The van der Waals surface area contributed by atoms with Gasteiger partial charge in [-0.2, -0.15) is 5.10 Å². The quantitative estimate of drug-likeness (QED) is 0.908. The van der Waals surface area contributed by atoms with Gasteiger partial charge in [-0.05, 0) is 5.56 Å². The zero-order valence-corrected chi connectivity index (χ0v) is 10.7. The fourth-order valence-corrected chi connectivity index (χ4v) is 2.63. The van der Waals surface area contributed by atoms with Crippen molar-refractivity contribution in [1.82, 2.24) is 14.7 Å². The first kappa shape index (κ1) is 11.9. The summed E-state index contributed by atoms with van der Waals surface area (Å²) in [5, 5.41) is 13.5. The van der Waals surface area contributed by atoms with Gasteiger partial charge < -0.3 is 5.11 Å². The maximum absolute atomic E-state index is 11.2. The lowest BCUT2D eigenvalue weighted by molar-refractivity contribution is 0.0682. The Morgan fingerprint density at radius 3 is 2.74 bits per heavy atom. The maximum Gasteiger partial charge on any atom is 0.354 e. The van der Waals surface area contributed by atoms with Gasteiger partial charge in [0.25, 0.3) is 0 Å². The Kier molecular flexibility index (Phi) is 2.83. The van der Waals surface area contributed by atoms with Crippen molar-refractivity contribution in [3.8, 4) is 0 Å². The van der Waals surface area contributed by atoms with E-state index >= 15 is 0 Å². The summed E-state index contributed by atoms with van der Waals surface area (Å²) in [5.74, 6) is -0.905. The van der Waals surface area contributed by atoms with Crippen LogP contribution >= 0.6 is 0 Å². The molecule has 0 bridgehead atoms. The predicted molar refractivity (Wildman–Crippen MR) is 69.6 cm³/mol. The van der Waals surface area contributed by atoms with Gasteiger partial charge in [0.05, 0.1) is 5.69 Å². The lowest BCUT2D eigenvalue weighted by atomic mass is 10.2. The molecule has 2 aromatic rings. The highest BCUT2D eigenvalue weighted by Gasteiger charge is 2.29. The smallest absolute Gasteiger partial charge is 0.354 e. The number of fused-ring (bicyclic) bond motifs is 1. The van der Waals surface area contributed by atoms with Crippen molar-refractivity contribution in [2.24, 2.45) is 7.05 Å². The topological polar surface area (TPSA) is 58.4 Å². The average molecular weight is 257 g/mol. The third-order valence-electron chi connectivity index (χ3n) is 3.44. The molecule has 0 saturated heterocycles. The van der Waals surface area contributed by atoms with Gasteiger partial charge in [-0.1, -0.05) is 30.3 Å². The van der Waals surface area contributed by atoms with Crippen molar-refractivity contribution in [1.29, 1.82) is 0 Å². The van der Waals surface area contributed by atoms with E-state index in [-0.39, 0.29) is 0 Å².